The summed E-state index contributed by atoms with van der Waals surface area (Å²) in [6.07, 6.45) is 0. The van der Waals surface area contributed by atoms with Crippen molar-refractivity contribution >= 4 is 27.6 Å². The summed E-state index contributed by atoms with van der Waals surface area (Å²) >= 11 is 0. The lowest BCUT2D eigenvalue weighted by atomic mass is 10.2. The zero-order valence-electron chi connectivity index (χ0n) is 15.3. The zero-order valence-corrected chi connectivity index (χ0v) is 16.2. The minimum Gasteiger partial charge on any atom is -0.496 e. The molecule has 3 N–H and O–H groups in total. The lowest BCUT2D eigenvalue weighted by molar-refractivity contribution is -0.119. The van der Waals surface area contributed by atoms with Crippen LogP contribution in [0.5, 0.6) is 17.2 Å². The van der Waals surface area contributed by atoms with Gasteiger partial charge in [-0.1, -0.05) is 0 Å². The Balaban J connectivity index is 1.65. The third-order valence-corrected chi connectivity index (χ3v) is 4.79. The number of fused-ring (bicyclic) bond motifs is 1. The monoisotopic (exact) mass is 422 g/mol. The second-order valence-corrected chi connectivity index (χ2v) is 7.45. The fraction of sp³-hybridized carbons (Fsp3) is 0.222. The Hall–Kier alpha value is -3.31. The first-order valence-corrected chi connectivity index (χ1v) is 9.90. The first-order valence-electron chi connectivity index (χ1n) is 8.35. The second kappa shape index (κ2) is 8.37. The quantitative estimate of drug-likeness (QED) is 0.654. The number of benzene rings is 2. The van der Waals surface area contributed by atoms with E-state index in [0.717, 1.165) is 6.07 Å². The third-order valence-electron chi connectivity index (χ3n) is 3.88. The van der Waals surface area contributed by atoms with E-state index in [4.69, 9.17) is 24.1 Å². The van der Waals surface area contributed by atoms with Gasteiger partial charge in [0.15, 0.2) is 18.1 Å². The number of sulfonamides is 1. The Morgan fingerprint density at radius 3 is 2.52 bits per heavy atom. The van der Waals surface area contributed by atoms with Gasteiger partial charge in [-0.2, -0.15) is 0 Å². The molecule has 1 amide bonds. The number of ether oxygens (including phenoxy) is 4. The molecule has 0 spiro atoms. The Labute approximate surface area is 166 Å². The molecule has 154 valence electrons. The lowest BCUT2D eigenvalue weighted by Gasteiger charge is -2.19. The predicted molar refractivity (Wildman–Crippen MR) is 101 cm³/mol. The highest BCUT2D eigenvalue weighted by molar-refractivity contribution is 7.89. The van der Waals surface area contributed by atoms with Gasteiger partial charge < -0.3 is 24.3 Å². The number of carbonyl (C=O) groups excluding carboxylic acids is 2. The molecule has 0 aliphatic carbocycles. The van der Waals surface area contributed by atoms with E-state index in [-0.39, 0.29) is 16.2 Å². The fourth-order valence-electron chi connectivity index (χ4n) is 2.55. The molecule has 0 atom stereocenters. The summed E-state index contributed by atoms with van der Waals surface area (Å²) < 4.78 is 43.8. The van der Waals surface area contributed by atoms with E-state index in [2.05, 4.69) is 5.32 Å². The van der Waals surface area contributed by atoms with Crippen molar-refractivity contribution in [1.82, 2.24) is 0 Å². The summed E-state index contributed by atoms with van der Waals surface area (Å²) in [6, 6.07) is 8.35. The van der Waals surface area contributed by atoms with Crippen LogP contribution in [-0.2, 0) is 19.6 Å². The van der Waals surface area contributed by atoms with Crippen LogP contribution >= 0.6 is 0 Å². The highest BCUT2D eigenvalue weighted by atomic mass is 32.2. The van der Waals surface area contributed by atoms with Crippen molar-refractivity contribution < 1.29 is 37.0 Å². The number of nitrogens with one attached hydrogen (secondary N) is 1. The highest BCUT2D eigenvalue weighted by Gasteiger charge is 2.20. The number of rotatable bonds is 6. The molecule has 0 radical (unpaired) electrons. The fourth-order valence-corrected chi connectivity index (χ4v) is 3.09. The largest absolute Gasteiger partial charge is 0.496 e. The molecule has 3 rings (SSSR count). The molecule has 0 unspecified atom stereocenters. The highest BCUT2D eigenvalue weighted by Crippen LogP contribution is 2.32. The van der Waals surface area contributed by atoms with Crippen molar-refractivity contribution in [2.45, 2.75) is 4.90 Å². The van der Waals surface area contributed by atoms with E-state index in [1.54, 1.807) is 18.2 Å². The Morgan fingerprint density at radius 2 is 1.83 bits per heavy atom. The van der Waals surface area contributed by atoms with Crippen molar-refractivity contribution in [3.8, 4) is 17.2 Å². The molecule has 2 aromatic carbocycles. The molecule has 11 heteroatoms. The van der Waals surface area contributed by atoms with Crippen molar-refractivity contribution in [3.05, 3.63) is 42.0 Å². The summed E-state index contributed by atoms with van der Waals surface area (Å²) in [6.45, 7) is 0.252. The second-order valence-electron chi connectivity index (χ2n) is 5.89. The lowest BCUT2D eigenvalue weighted by Crippen LogP contribution is -2.22. The number of esters is 1. The number of hydrogen-bond acceptors (Lipinski definition) is 8. The average molecular weight is 422 g/mol. The maximum absolute atomic E-state index is 12.3. The van der Waals surface area contributed by atoms with E-state index in [0.29, 0.717) is 30.4 Å². The minimum absolute atomic E-state index is 0.0784. The first kappa shape index (κ1) is 20.4. The molecule has 29 heavy (non-hydrogen) atoms. The average Bonchev–Trinajstić information content (AvgIpc) is 2.70. The molecular formula is C18H18N2O8S. The Kier molecular flexibility index (Phi) is 5.89. The van der Waals surface area contributed by atoms with Crippen LogP contribution in [0.3, 0.4) is 0 Å². The third kappa shape index (κ3) is 4.95. The molecule has 1 aliphatic heterocycles. The zero-order chi connectivity index (χ0) is 21.0. The van der Waals surface area contributed by atoms with Crippen LogP contribution in [0, 0.1) is 0 Å². The van der Waals surface area contributed by atoms with Gasteiger partial charge in [-0.15, -0.1) is 0 Å². The maximum atomic E-state index is 12.3. The number of carbonyl (C=O) groups is 2. The molecule has 0 saturated carbocycles. The van der Waals surface area contributed by atoms with Crippen LogP contribution in [-0.4, -0.2) is 47.2 Å². The van der Waals surface area contributed by atoms with Gasteiger partial charge in [0.1, 0.15) is 24.5 Å². The van der Waals surface area contributed by atoms with Gasteiger partial charge in [-0.3, -0.25) is 4.79 Å². The van der Waals surface area contributed by atoms with Crippen LogP contribution in [0.25, 0.3) is 0 Å². The van der Waals surface area contributed by atoms with E-state index in [1.807, 2.05) is 0 Å². The van der Waals surface area contributed by atoms with Crippen LogP contribution in [0.1, 0.15) is 10.4 Å². The molecule has 0 bridgehead atoms. The molecule has 10 nitrogen and oxygen atoms in total. The van der Waals surface area contributed by atoms with Crippen LogP contribution in [0.2, 0.25) is 0 Å². The van der Waals surface area contributed by atoms with E-state index in [1.165, 1.54) is 19.2 Å². The van der Waals surface area contributed by atoms with Crippen molar-refractivity contribution in [3.63, 3.8) is 0 Å². The minimum atomic E-state index is -4.03. The normalized spacial score (nSPS) is 12.8. The molecular weight excluding hydrogens is 404 g/mol. The van der Waals surface area contributed by atoms with Crippen molar-refractivity contribution in [2.24, 2.45) is 5.14 Å². The topological polar surface area (TPSA) is 143 Å². The number of nitrogens with two attached hydrogens (primary N) is 1. The summed E-state index contributed by atoms with van der Waals surface area (Å²) in [5, 5.41) is 7.63. The summed E-state index contributed by atoms with van der Waals surface area (Å²) in [5.74, 6) is -0.394. The predicted octanol–water partition coefficient (Wildman–Crippen LogP) is 0.909. The standard InChI is InChI=1S/C18H18N2O8S/c1-25-14-5-3-12(29(19,23)24)9-13(14)18(22)28-10-17(21)20-11-2-4-15-16(8-11)27-7-6-26-15/h2-5,8-9H,6-7,10H2,1H3,(H,20,21)(H2,19,23,24). The van der Waals surface area contributed by atoms with Crippen LogP contribution in [0.15, 0.2) is 41.3 Å². The van der Waals surface area contributed by atoms with Gasteiger partial charge in [0.05, 0.1) is 12.0 Å². The van der Waals surface area contributed by atoms with E-state index < -0.39 is 28.5 Å². The molecule has 1 heterocycles. The van der Waals surface area contributed by atoms with Crippen LogP contribution < -0.4 is 24.7 Å². The number of amides is 1. The number of hydrogen-bond donors (Lipinski definition) is 2. The molecule has 0 fully saturated rings. The smallest absolute Gasteiger partial charge is 0.342 e. The number of anilines is 1. The van der Waals surface area contributed by atoms with Gasteiger partial charge >= 0.3 is 5.97 Å². The Bertz CT molecular complexity index is 1050. The van der Waals surface area contributed by atoms with Gasteiger partial charge in [0, 0.05) is 11.8 Å². The summed E-state index contributed by atoms with van der Waals surface area (Å²) in [4.78, 5) is 24.1. The van der Waals surface area contributed by atoms with E-state index >= 15 is 0 Å². The van der Waals surface area contributed by atoms with Crippen molar-refractivity contribution in [1.29, 1.82) is 0 Å². The first-order chi connectivity index (χ1) is 13.8. The molecule has 1 aliphatic rings. The molecule has 0 aromatic heterocycles. The summed E-state index contributed by atoms with van der Waals surface area (Å²) in [5.41, 5.74) is 0.259. The van der Waals surface area contributed by atoms with E-state index in [9.17, 15) is 18.0 Å². The number of primary sulfonamides is 1. The maximum Gasteiger partial charge on any atom is 0.342 e. The van der Waals surface area contributed by atoms with Gasteiger partial charge in [0.25, 0.3) is 5.91 Å². The number of methoxy groups -OCH3 is 1. The van der Waals surface area contributed by atoms with Gasteiger partial charge in [-0.05, 0) is 30.3 Å². The van der Waals surface area contributed by atoms with Gasteiger partial charge in [0.2, 0.25) is 10.0 Å². The van der Waals surface area contributed by atoms with Crippen LogP contribution in [0.4, 0.5) is 5.69 Å². The molecule has 2 aromatic rings. The van der Waals surface area contributed by atoms with Gasteiger partial charge in [-0.25, -0.2) is 18.4 Å². The van der Waals surface area contributed by atoms with Crippen molar-refractivity contribution in [2.75, 3.05) is 32.2 Å². The SMILES string of the molecule is COc1ccc(S(N)(=O)=O)cc1C(=O)OCC(=O)Nc1ccc2c(c1)OCCO2. The summed E-state index contributed by atoms with van der Waals surface area (Å²) in [7, 11) is -2.73. The molecule has 0 saturated heterocycles. The Morgan fingerprint density at radius 1 is 1.10 bits per heavy atom.